The molecule has 0 aliphatic carbocycles. The number of hydrogen-bond donors (Lipinski definition) is 2. The molecular weight excluding hydrogens is 216 g/mol. The van der Waals surface area contributed by atoms with Crippen molar-refractivity contribution in [2.45, 2.75) is 31.1 Å². The minimum absolute atomic E-state index is 0.958. The Bertz CT molecular complexity index is 363. The van der Waals surface area contributed by atoms with Gasteiger partial charge in [-0.15, -0.1) is 11.8 Å². The van der Waals surface area contributed by atoms with Gasteiger partial charge in [-0.2, -0.15) is 0 Å². The maximum atomic E-state index is 6.10. The highest BCUT2D eigenvalue weighted by atomic mass is 32.2. The minimum atomic E-state index is 0.958. The van der Waals surface area contributed by atoms with Crippen molar-refractivity contribution in [3.63, 3.8) is 0 Å². The minimum Gasteiger partial charge on any atom is -0.398 e. The van der Waals surface area contributed by atoms with Crippen LogP contribution in [0.4, 0.5) is 5.69 Å². The van der Waals surface area contributed by atoms with Crippen LogP contribution in [0.5, 0.6) is 0 Å². The fourth-order valence-corrected chi connectivity index (χ4v) is 2.93. The van der Waals surface area contributed by atoms with E-state index in [-0.39, 0.29) is 0 Å². The van der Waals surface area contributed by atoms with Gasteiger partial charge in [0.05, 0.1) is 0 Å². The third-order valence-electron chi connectivity index (χ3n) is 2.94. The van der Waals surface area contributed by atoms with Gasteiger partial charge in [0.2, 0.25) is 0 Å². The van der Waals surface area contributed by atoms with Gasteiger partial charge in [0.15, 0.2) is 0 Å². The fraction of sp³-hybridized carbons (Fsp3) is 0.538. The Morgan fingerprint density at radius 2 is 1.94 bits per heavy atom. The summed E-state index contributed by atoms with van der Waals surface area (Å²) in [6.07, 6.45) is 3.44. The standard InChI is InChI=1S/C13H20N2S/c1-2-7-16-13-9-11-4-6-15-5-3-10(11)8-12(13)14/h8-9,15H,2-7,14H2,1H3. The smallest absolute Gasteiger partial charge is 0.0455 e. The Balaban J connectivity index is 2.24. The van der Waals surface area contributed by atoms with Crippen molar-refractivity contribution in [1.82, 2.24) is 5.32 Å². The Morgan fingerprint density at radius 1 is 1.25 bits per heavy atom. The number of nitrogen functional groups attached to an aromatic ring is 1. The third-order valence-corrected chi connectivity index (χ3v) is 4.21. The molecule has 3 heteroatoms. The van der Waals surface area contributed by atoms with E-state index in [1.165, 1.54) is 22.4 Å². The van der Waals surface area contributed by atoms with E-state index in [4.69, 9.17) is 5.73 Å². The van der Waals surface area contributed by atoms with Gasteiger partial charge in [0, 0.05) is 10.6 Å². The van der Waals surface area contributed by atoms with Gasteiger partial charge in [0.1, 0.15) is 0 Å². The van der Waals surface area contributed by atoms with E-state index in [1.807, 2.05) is 11.8 Å². The molecule has 0 saturated carbocycles. The van der Waals surface area contributed by atoms with E-state index in [0.717, 1.165) is 37.4 Å². The van der Waals surface area contributed by atoms with Crippen molar-refractivity contribution in [2.24, 2.45) is 0 Å². The van der Waals surface area contributed by atoms with Crippen molar-refractivity contribution in [3.05, 3.63) is 23.3 Å². The first kappa shape index (κ1) is 11.8. The summed E-state index contributed by atoms with van der Waals surface area (Å²) >= 11 is 1.88. The van der Waals surface area contributed by atoms with E-state index in [2.05, 4.69) is 24.4 Å². The van der Waals surface area contributed by atoms with E-state index in [1.54, 1.807) is 0 Å². The summed E-state index contributed by atoms with van der Waals surface area (Å²) in [4.78, 5) is 1.27. The largest absolute Gasteiger partial charge is 0.398 e. The second-order valence-corrected chi connectivity index (χ2v) is 5.39. The lowest BCUT2D eigenvalue weighted by Crippen LogP contribution is -2.16. The lowest BCUT2D eigenvalue weighted by Gasteiger charge is -2.11. The second kappa shape index (κ2) is 5.60. The second-order valence-electron chi connectivity index (χ2n) is 4.26. The van der Waals surface area contributed by atoms with Crippen LogP contribution in [0.15, 0.2) is 17.0 Å². The molecule has 2 rings (SSSR count). The SMILES string of the molecule is CCCSc1cc2c(cc1N)CCNCC2. The molecule has 1 aliphatic rings. The normalized spacial score (nSPS) is 15.6. The predicted molar refractivity (Wildman–Crippen MR) is 72.1 cm³/mol. The first-order valence-corrected chi connectivity index (χ1v) is 7.04. The lowest BCUT2D eigenvalue weighted by molar-refractivity contribution is 0.711. The summed E-state index contributed by atoms with van der Waals surface area (Å²) in [6, 6.07) is 4.48. The molecule has 2 nitrogen and oxygen atoms in total. The van der Waals surface area contributed by atoms with Crippen molar-refractivity contribution in [1.29, 1.82) is 0 Å². The Labute approximate surface area is 102 Å². The highest BCUT2D eigenvalue weighted by molar-refractivity contribution is 7.99. The number of benzene rings is 1. The van der Waals surface area contributed by atoms with Crippen LogP contribution in [0.1, 0.15) is 24.5 Å². The molecule has 1 aliphatic heterocycles. The van der Waals surface area contributed by atoms with E-state index < -0.39 is 0 Å². The van der Waals surface area contributed by atoms with Crippen LogP contribution in [0, 0.1) is 0 Å². The summed E-state index contributed by atoms with van der Waals surface area (Å²) in [6.45, 7) is 4.37. The summed E-state index contributed by atoms with van der Waals surface area (Å²) in [7, 11) is 0. The molecule has 0 spiro atoms. The number of anilines is 1. The van der Waals surface area contributed by atoms with Crippen molar-refractivity contribution in [2.75, 3.05) is 24.6 Å². The molecule has 0 amide bonds. The van der Waals surface area contributed by atoms with Crippen LogP contribution in [-0.4, -0.2) is 18.8 Å². The number of hydrogen-bond acceptors (Lipinski definition) is 3. The average Bonchev–Trinajstić information content (AvgIpc) is 2.50. The molecule has 0 unspecified atom stereocenters. The van der Waals surface area contributed by atoms with Crippen LogP contribution >= 0.6 is 11.8 Å². The Kier molecular flexibility index (Phi) is 4.13. The number of nitrogens with two attached hydrogens (primary N) is 1. The third kappa shape index (κ3) is 2.71. The van der Waals surface area contributed by atoms with Crippen LogP contribution in [0.2, 0.25) is 0 Å². The van der Waals surface area contributed by atoms with Crippen LogP contribution in [-0.2, 0) is 12.8 Å². The van der Waals surface area contributed by atoms with Gasteiger partial charge in [-0.1, -0.05) is 6.92 Å². The van der Waals surface area contributed by atoms with Crippen molar-refractivity contribution >= 4 is 17.4 Å². The zero-order valence-electron chi connectivity index (χ0n) is 9.88. The molecular formula is C13H20N2S. The molecule has 0 fully saturated rings. The molecule has 88 valence electrons. The van der Waals surface area contributed by atoms with Gasteiger partial charge in [-0.3, -0.25) is 0 Å². The zero-order chi connectivity index (χ0) is 11.4. The zero-order valence-corrected chi connectivity index (χ0v) is 10.7. The van der Waals surface area contributed by atoms with Crippen LogP contribution in [0.3, 0.4) is 0 Å². The molecule has 0 saturated heterocycles. The van der Waals surface area contributed by atoms with Gasteiger partial charge in [-0.25, -0.2) is 0 Å². The van der Waals surface area contributed by atoms with Crippen molar-refractivity contribution < 1.29 is 0 Å². The highest BCUT2D eigenvalue weighted by Gasteiger charge is 2.10. The number of nitrogens with one attached hydrogen (secondary N) is 1. The summed E-state index contributed by atoms with van der Waals surface area (Å²) in [5.41, 5.74) is 9.97. The molecule has 1 aromatic carbocycles. The average molecular weight is 236 g/mol. The van der Waals surface area contributed by atoms with Crippen LogP contribution in [0.25, 0.3) is 0 Å². The van der Waals surface area contributed by atoms with Crippen molar-refractivity contribution in [3.8, 4) is 0 Å². The topological polar surface area (TPSA) is 38.0 Å². The molecule has 0 aromatic heterocycles. The van der Waals surface area contributed by atoms with Gasteiger partial charge in [0.25, 0.3) is 0 Å². The van der Waals surface area contributed by atoms with Gasteiger partial charge >= 0.3 is 0 Å². The Morgan fingerprint density at radius 3 is 2.62 bits per heavy atom. The predicted octanol–water partition coefficient (Wildman–Crippen LogP) is 2.46. The fourth-order valence-electron chi connectivity index (χ4n) is 2.06. The van der Waals surface area contributed by atoms with Gasteiger partial charge < -0.3 is 11.1 Å². The maximum absolute atomic E-state index is 6.10. The molecule has 0 bridgehead atoms. The molecule has 0 radical (unpaired) electrons. The van der Waals surface area contributed by atoms with E-state index in [9.17, 15) is 0 Å². The number of fused-ring (bicyclic) bond motifs is 1. The first-order valence-electron chi connectivity index (χ1n) is 6.06. The summed E-state index contributed by atoms with van der Waals surface area (Å²) < 4.78 is 0. The highest BCUT2D eigenvalue weighted by Crippen LogP contribution is 2.29. The number of thioether (sulfide) groups is 1. The van der Waals surface area contributed by atoms with Crippen LogP contribution < -0.4 is 11.1 Å². The van der Waals surface area contributed by atoms with E-state index >= 15 is 0 Å². The molecule has 1 heterocycles. The molecule has 0 atom stereocenters. The first-order chi connectivity index (χ1) is 7.81. The molecule has 16 heavy (non-hydrogen) atoms. The lowest BCUT2D eigenvalue weighted by atomic mass is 10.0. The summed E-state index contributed by atoms with van der Waals surface area (Å²) in [5.74, 6) is 1.15. The quantitative estimate of drug-likeness (QED) is 0.625. The summed E-state index contributed by atoms with van der Waals surface area (Å²) in [5, 5.41) is 3.43. The number of rotatable bonds is 3. The molecule has 3 N–H and O–H groups in total. The monoisotopic (exact) mass is 236 g/mol. The van der Waals surface area contributed by atoms with E-state index in [0.29, 0.717) is 0 Å². The van der Waals surface area contributed by atoms with Gasteiger partial charge in [-0.05, 0) is 61.4 Å². The molecule has 1 aromatic rings. The Hall–Kier alpha value is -0.670. The maximum Gasteiger partial charge on any atom is 0.0455 e.